The molecule has 0 aliphatic rings. The van der Waals surface area contributed by atoms with E-state index in [1.807, 2.05) is 44.2 Å². The molecule has 33 heavy (non-hydrogen) atoms. The highest BCUT2D eigenvalue weighted by molar-refractivity contribution is 7.92. The SMILES string of the molecule is CC[C@@H](C(=O)NC(C)C)N(Cc1ccccc1)C(=O)CN(c1cc(Cl)ccc1Cl)S(C)(=O)=O. The molecular formula is C23H29Cl2N3O4S. The number of anilines is 1. The molecule has 1 atom stereocenters. The van der Waals surface area contributed by atoms with Gasteiger partial charge in [0, 0.05) is 17.6 Å². The van der Waals surface area contributed by atoms with Crippen LogP contribution in [0.5, 0.6) is 0 Å². The smallest absolute Gasteiger partial charge is 0.244 e. The molecule has 0 spiro atoms. The van der Waals surface area contributed by atoms with Crippen molar-refractivity contribution in [3.63, 3.8) is 0 Å². The van der Waals surface area contributed by atoms with Crippen LogP contribution in [0.1, 0.15) is 32.8 Å². The zero-order valence-corrected chi connectivity index (χ0v) is 21.4. The number of hydrogen-bond donors (Lipinski definition) is 1. The van der Waals surface area contributed by atoms with Gasteiger partial charge in [0.2, 0.25) is 21.8 Å². The van der Waals surface area contributed by atoms with E-state index in [1.54, 1.807) is 6.92 Å². The lowest BCUT2D eigenvalue weighted by atomic mass is 10.1. The topological polar surface area (TPSA) is 86.8 Å². The van der Waals surface area contributed by atoms with Crippen molar-refractivity contribution >= 4 is 50.7 Å². The fourth-order valence-corrected chi connectivity index (χ4v) is 4.64. The zero-order chi connectivity index (χ0) is 24.8. The Labute approximate surface area is 205 Å². The van der Waals surface area contributed by atoms with Gasteiger partial charge in [-0.05, 0) is 44.0 Å². The van der Waals surface area contributed by atoms with E-state index in [4.69, 9.17) is 23.2 Å². The van der Waals surface area contributed by atoms with Crippen molar-refractivity contribution in [1.29, 1.82) is 0 Å². The molecule has 0 fully saturated rings. The Morgan fingerprint density at radius 2 is 1.70 bits per heavy atom. The summed E-state index contributed by atoms with van der Waals surface area (Å²) < 4.78 is 26.1. The molecule has 2 aromatic carbocycles. The molecule has 0 unspecified atom stereocenters. The first-order chi connectivity index (χ1) is 15.4. The molecule has 0 heterocycles. The van der Waals surface area contributed by atoms with Gasteiger partial charge in [0.05, 0.1) is 17.0 Å². The van der Waals surface area contributed by atoms with Crippen LogP contribution in [0.15, 0.2) is 48.5 Å². The zero-order valence-electron chi connectivity index (χ0n) is 19.1. The Morgan fingerprint density at radius 1 is 1.06 bits per heavy atom. The number of carbonyl (C=O) groups excluding carboxylic acids is 2. The molecule has 2 aromatic rings. The van der Waals surface area contributed by atoms with Crippen molar-refractivity contribution in [1.82, 2.24) is 10.2 Å². The summed E-state index contributed by atoms with van der Waals surface area (Å²) in [6.45, 7) is 5.08. The highest BCUT2D eigenvalue weighted by Crippen LogP contribution is 2.31. The second kappa shape index (κ2) is 11.7. The van der Waals surface area contributed by atoms with E-state index in [0.717, 1.165) is 16.1 Å². The molecule has 0 radical (unpaired) electrons. The quantitative estimate of drug-likeness (QED) is 0.518. The van der Waals surface area contributed by atoms with Crippen molar-refractivity contribution in [2.75, 3.05) is 17.1 Å². The summed E-state index contributed by atoms with van der Waals surface area (Å²) in [5, 5.41) is 3.26. The maximum Gasteiger partial charge on any atom is 0.244 e. The van der Waals surface area contributed by atoms with Crippen LogP contribution in [0, 0.1) is 0 Å². The summed E-state index contributed by atoms with van der Waals surface area (Å²) in [7, 11) is -3.89. The fraction of sp³-hybridized carbons (Fsp3) is 0.391. The molecule has 10 heteroatoms. The highest BCUT2D eigenvalue weighted by atomic mass is 35.5. The molecule has 0 aliphatic carbocycles. The molecule has 0 aromatic heterocycles. The van der Waals surface area contributed by atoms with Crippen LogP contribution >= 0.6 is 23.2 Å². The molecule has 0 saturated carbocycles. The Balaban J connectivity index is 2.46. The van der Waals surface area contributed by atoms with Crippen molar-refractivity contribution in [3.8, 4) is 0 Å². The number of carbonyl (C=O) groups is 2. The summed E-state index contributed by atoms with van der Waals surface area (Å²) >= 11 is 12.3. The van der Waals surface area contributed by atoms with Gasteiger partial charge in [0.25, 0.3) is 0 Å². The largest absolute Gasteiger partial charge is 0.352 e. The minimum absolute atomic E-state index is 0.0966. The molecule has 0 saturated heterocycles. The van der Waals surface area contributed by atoms with E-state index in [2.05, 4.69) is 5.32 Å². The summed E-state index contributed by atoms with van der Waals surface area (Å²) in [5.74, 6) is -0.838. The van der Waals surface area contributed by atoms with Gasteiger partial charge in [0.1, 0.15) is 12.6 Å². The number of halogens is 2. The number of hydrogen-bond acceptors (Lipinski definition) is 4. The van der Waals surface area contributed by atoms with Crippen LogP contribution in [0.3, 0.4) is 0 Å². The molecule has 2 amide bonds. The van der Waals surface area contributed by atoms with Gasteiger partial charge >= 0.3 is 0 Å². The third-order valence-corrected chi connectivity index (χ3v) is 6.55. The first-order valence-corrected chi connectivity index (χ1v) is 13.1. The summed E-state index contributed by atoms with van der Waals surface area (Å²) in [5.41, 5.74) is 0.910. The number of benzene rings is 2. The van der Waals surface area contributed by atoms with Crippen molar-refractivity contribution < 1.29 is 18.0 Å². The number of amides is 2. The maximum atomic E-state index is 13.5. The molecule has 2 rings (SSSR count). The average Bonchev–Trinajstić information content (AvgIpc) is 2.73. The standard InChI is InChI=1S/C23H29Cl2N3O4S/c1-5-20(23(30)26-16(2)3)27(14-17-9-7-6-8-10-17)22(29)15-28(33(4,31)32)21-13-18(24)11-12-19(21)25/h6-13,16,20H,5,14-15H2,1-4H3,(H,26,30)/t20-/m0/s1. The van der Waals surface area contributed by atoms with Gasteiger partial charge in [0.15, 0.2) is 0 Å². The number of nitrogens with one attached hydrogen (secondary N) is 1. The Hall–Kier alpha value is -2.29. The van der Waals surface area contributed by atoms with E-state index < -0.39 is 28.5 Å². The highest BCUT2D eigenvalue weighted by Gasteiger charge is 2.32. The Morgan fingerprint density at radius 3 is 2.24 bits per heavy atom. The molecule has 0 bridgehead atoms. The predicted molar refractivity (Wildman–Crippen MR) is 133 cm³/mol. The van der Waals surface area contributed by atoms with Crippen molar-refractivity contribution in [3.05, 3.63) is 64.1 Å². The van der Waals surface area contributed by atoms with Crippen LogP contribution in [0.25, 0.3) is 0 Å². The van der Waals surface area contributed by atoms with E-state index >= 15 is 0 Å². The number of rotatable bonds is 10. The Kier molecular flexibility index (Phi) is 9.57. The lowest BCUT2D eigenvalue weighted by molar-refractivity contribution is -0.140. The predicted octanol–water partition coefficient (Wildman–Crippen LogP) is 4.09. The monoisotopic (exact) mass is 513 g/mol. The van der Waals surface area contributed by atoms with Crippen LogP contribution < -0.4 is 9.62 Å². The molecule has 0 aliphatic heterocycles. The van der Waals surface area contributed by atoms with E-state index in [0.29, 0.717) is 6.42 Å². The van der Waals surface area contributed by atoms with Gasteiger partial charge in [-0.15, -0.1) is 0 Å². The summed E-state index contributed by atoms with van der Waals surface area (Å²) in [6.07, 6.45) is 1.34. The number of sulfonamides is 1. The van der Waals surface area contributed by atoms with Crippen LogP contribution in [-0.4, -0.2) is 50.0 Å². The minimum Gasteiger partial charge on any atom is -0.352 e. The molecule has 7 nitrogen and oxygen atoms in total. The van der Waals surface area contributed by atoms with E-state index in [9.17, 15) is 18.0 Å². The lowest BCUT2D eigenvalue weighted by Crippen LogP contribution is -2.53. The van der Waals surface area contributed by atoms with Crippen LogP contribution in [-0.2, 0) is 26.2 Å². The Bertz CT molecular complexity index is 1080. The van der Waals surface area contributed by atoms with Crippen LogP contribution in [0.4, 0.5) is 5.69 Å². The van der Waals surface area contributed by atoms with Gasteiger partial charge in [-0.3, -0.25) is 13.9 Å². The van der Waals surface area contributed by atoms with Crippen molar-refractivity contribution in [2.45, 2.75) is 45.8 Å². The third-order valence-electron chi connectivity index (χ3n) is 4.87. The first kappa shape index (κ1) is 27.0. The van der Waals surface area contributed by atoms with E-state index in [1.165, 1.54) is 23.1 Å². The summed E-state index contributed by atoms with van der Waals surface area (Å²) in [6, 6.07) is 12.7. The summed E-state index contributed by atoms with van der Waals surface area (Å²) in [4.78, 5) is 27.8. The minimum atomic E-state index is -3.89. The fourth-order valence-electron chi connectivity index (χ4n) is 3.35. The van der Waals surface area contributed by atoms with Gasteiger partial charge in [-0.25, -0.2) is 8.42 Å². The molecule has 180 valence electrons. The van der Waals surface area contributed by atoms with Gasteiger partial charge in [-0.2, -0.15) is 0 Å². The average molecular weight is 514 g/mol. The second-order valence-electron chi connectivity index (χ2n) is 7.96. The number of nitrogens with zero attached hydrogens (tertiary/aromatic N) is 2. The van der Waals surface area contributed by atoms with E-state index in [-0.39, 0.29) is 34.2 Å². The van der Waals surface area contributed by atoms with Gasteiger partial charge in [-0.1, -0.05) is 60.5 Å². The molecular weight excluding hydrogens is 485 g/mol. The van der Waals surface area contributed by atoms with Gasteiger partial charge < -0.3 is 10.2 Å². The second-order valence-corrected chi connectivity index (χ2v) is 10.7. The third kappa shape index (κ3) is 7.62. The molecule has 1 N–H and O–H groups in total. The maximum absolute atomic E-state index is 13.5. The normalized spacial score (nSPS) is 12.3. The van der Waals surface area contributed by atoms with Crippen molar-refractivity contribution in [2.24, 2.45) is 0 Å². The lowest BCUT2D eigenvalue weighted by Gasteiger charge is -2.33. The van der Waals surface area contributed by atoms with Crippen LogP contribution in [0.2, 0.25) is 10.0 Å². The first-order valence-electron chi connectivity index (χ1n) is 10.5.